The van der Waals surface area contributed by atoms with Crippen molar-refractivity contribution in [3.63, 3.8) is 0 Å². The highest BCUT2D eigenvalue weighted by Crippen LogP contribution is 2.25. The lowest BCUT2D eigenvalue weighted by atomic mass is 10.0. The summed E-state index contributed by atoms with van der Waals surface area (Å²) >= 11 is 0. The van der Waals surface area contributed by atoms with Crippen LogP contribution in [0.15, 0.2) is 78.0 Å². The van der Waals surface area contributed by atoms with E-state index >= 15 is 0 Å². The summed E-state index contributed by atoms with van der Waals surface area (Å²) in [4.78, 5) is 13.7. The molecule has 0 radical (unpaired) electrons. The molecule has 0 unspecified atom stereocenters. The van der Waals surface area contributed by atoms with Gasteiger partial charge in [0.15, 0.2) is 0 Å². The number of rotatable bonds is 8. The van der Waals surface area contributed by atoms with Gasteiger partial charge in [0.2, 0.25) is 0 Å². The van der Waals surface area contributed by atoms with Crippen molar-refractivity contribution in [1.82, 2.24) is 14.4 Å². The topological polar surface area (TPSA) is 101 Å². The molecule has 1 aliphatic rings. The first-order chi connectivity index (χ1) is 16.5. The minimum absolute atomic E-state index is 0.169. The molecule has 0 atom stereocenters. The molecule has 2 heterocycles. The van der Waals surface area contributed by atoms with Crippen molar-refractivity contribution in [2.75, 3.05) is 32.8 Å². The van der Waals surface area contributed by atoms with Crippen LogP contribution in [0.1, 0.15) is 11.1 Å². The molecule has 4 rings (SSSR count). The van der Waals surface area contributed by atoms with Crippen molar-refractivity contribution in [3.05, 3.63) is 84.2 Å². The summed E-state index contributed by atoms with van der Waals surface area (Å²) in [6, 6.07) is 16.6. The number of amides is 1. The molecule has 0 bridgehead atoms. The predicted molar refractivity (Wildman–Crippen MR) is 129 cm³/mol. The van der Waals surface area contributed by atoms with E-state index in [0.717, 1.165) is 60.4 Å². The second-order valence-corrected chi connectivity index (χ2v) is 9.86. The van der Waals surface area contributed by atoms with Crippen molar-refractivity contribution >= 4 is 22.0 Å². The highest BCUT2D eigenvalue weighted by atomic mass is 32.2. The highest BCUT2D eigenvalue weighted by molar-refractivity contribution is 7.90. The summed E-state index contributed by atoms with van der Waals surface area (Å²) in [5.74, 6) is -0.699. The number of ether oxygens (including phenoxy) is 1. The van der Waals surface area contributed by atoms with Crippen molar-refractivity contribution in [2.24, 2.45) is 0 Å². The summed E-state index contributed by atoms with van der Waals surface area (Å²) in [6.07, 6.45) is 6.27. The van der Waals surface area contributed by atoms with Crippen LogP contribution >= 0.6 is 0 Å². The molecule has 0 spiro atoms. The number of morpholine rings is 1. The van der Waals surface area contributed by atoms with E-state index in [1.165, 1.54) is 29.5 Å². The number of carbonyl (C=O) groups excluding carboxylic acids is 1. The second-order valence-electron chi connectivity index (χ2n) is 8.02. The van der Waals surface area contributed by atoms with E-state index in [9.17, 15) is 13.2 Å². The summed E-state index contributed by atoms with van der Waals surface area (Å²) in [7, 11) is -3.81. The number of hydroxylamine groups is 1. The van der Waals surface area contributed by atoms with Crippen LogP contribution in [-0.2, 0) is 26.0 Å². The first-order valence-electron chi connectivity index (χ1n) is 11.0. The quantitative estimate of drug-likeness (QED) is 0.292. The molecule has 34 heavy (non-hydrogen) atoms. The molecular weight excluding hydrogens is 454 g/mol. The molecule has 9 heteroatoms. The largest absolute Gasteiger partial charge is 0.379 e. The van der Waals surface area contributed by atoms with Crippen LogP contribution in [-0.4, -0.2) is 61.3 Å². The van der Waals surface area contributed by atoms with Gasteiger partial charge in [0.25, 0.3) is 15.9 Å². The monoisotopic (exact) mass is 481 g/mol. The lowest BCUT2D eigenvalue weighted by Gasteiger charge is -2.26. The molecule has 8 nitrogen and oxygen atoms in total. The average molecular weight is 482 g/mol. The summed E-state index contributed by atoms with van der Waals surface area (Å²) in [5.41, 5.74) is 4.98. The molecule has 1 aliphatic heterocycles. The molecule has 3 aromatic rings. The Hall–Kier alpha value is -3.24. The molecule has 0 saturated carbocycles. The third kappa shape index (κ3) is 5.81. The van der Waals surface area contributed by atoms with Crippen molar-refractivity contribution in [1.29, 1.82) is 0 Å². The fraction of sp³-hybridized carbons (Fsp3) is 0.240. The summed E-state index contributed by atoms with van der Waals surface area (Å²) < 4.78 is 32.9. The number of hydrogen-bond donors (Lipinski definition) is 2. The number of nitrogens with zero attached hydrogens (tertiary/aromatic N) is 2. The van der Waals surface area contributed by atoms with Gasteiger partial charge in [-0.05, 0) is 52.9 Å². The van der Waals surface area contributed by atoms with Crippen molar-refractivity contribution in [2.45, 2.75) is 11.3 Å². The Bertz CT molecular complexity index is 1280. The van der Waals surface area contributed by atoms with Gasteiger partial charge in [-0.1, -0.05) is 36.4 Å². The summed E-state index contributed by atoms with van der Waals surface area (Å²) in [6.45, 7) is 4.42. The van der Waals surface area contributed by atoms with Gasteiger partial charge in [0, 0.05) is 38.1 Å². The lowest BCUT2D eigenvalue weighted by molar-refractivity contribution is -0.124. The van der Waals surface area contributed by atoms with Crippen LogP contribution in [0.4, 0.5) is 0 Å². The van der Waals surface area contributed by atoms with Crippen LogP contribution in [0.2, 0.25) is 0 Å². The molecule has 1 fully saturated rings. The van der Waals surface area contributed by atoms with Crippen LogP contribution in [0, 0.1) is 0 Å². The minimum Gasteiger partial charge on any atom is -0.379 e. The van der Waals surface area contributed by atoms with E-state index in [2.05, 4.69) is 17.0 Å². The van der Waals surface area contributed by atoms with Gasteiger partial charge < -0.3 is 4.74 Å². The van der Waals surface area contributed by atoms with E-state index in [1.807, 2.05) is 18.2 Å². The fourth-order valence-electron chi connectivity index (χ4n) is 3.83. The smallest absolute Gasteiger partial charge is 0.267 e. The number of hydrogen-bond acceptors (Lipinski definition) is 6. The van der Waals surface area contributed by atoms with Crippen LogP contribution < -0.4 is 5.48 Å². The predicted octanol–water partition coefficient (Wildman–Crippen LogP) is 2.79. The zero-order valence-electron chi connectivity index (χ0n) is 18.6. The highest BCUT2D eigenvalue weighted by Gasteiger charge is 2.17. The van der Waals surface area contributed by atoms with E-state index in [-0.39, 0.29) is 4.90 Å². The van der Waals surface area contributed by atoms with Gasteiger partial charge in [-0.3, -0.25) is 14.9 Å². The maximum Gasteiger partial charge on any atom is 0.267 e. The molecule has 2 N–H and O–H groups in total. The number of benzene rings is 2. The van der Waals surface area contributed by atoms with Gasteiger partial charge in [-0.15, -0.1) is 0 Å². The Balaban J connectivity index is 1.52. The van der Waals surface area contributed by atoms with Gasteiger partial charge in [-0.2, -0.15) is 0 Å². The third-order valence-electron chi connectivity index (χ3n) is 5.72. The lowest BCUT2D eigenvalue weighted by Crippen LogP contribution is -2.37. The minimum atomic E-state index is -3.81. The third-order valence-corrected chi connectivity index (χ3v) is 7.35. The van der Waals surface area contributed by atoms with E-state index in [4.69, 9.17) is 9.94 Å². The van der Waals surface area contributed by atoms with E-state index in [0.29, 0.717) is 5.56 Å². The fourth-order valence-corrected chi connectivity index (χ4v) is 5.08. The standard InChI is InChI=1S/C25H27N3O5S/c29-25(26-30)8-7-21-10-12-28(19-21)34(31,32)24-6-2-5-23(18-24)22-4-1-3-20(17-22)9-11-27-13-15-33-16-14-27/h1-8,10,12,17-19,30H,9,11,13-16H2,(H,26,29)/b8-7+. The first-order valence-corrected chi connectivity index (χ1v) is 12.4. The number of aromatic nitrogens is 1. The van der Waals surface area contributed by atoms with Crippen LogP contribution in [0.5, 0.6) is 0 Å². The Labute approximate surface area is 199 Å². The molecule has 1 saturated heterocycles. The number of carbonyl (C=O) groups is 1. The normalized spacial score (nSPS) is 15.0. The molecule has 1 amide bonds. The van der Waals surface area contributed by atoms with Crippen molar-refractivity contribution < 1.29 is 23.2 Å². The van der Waals surface area contributed by atoms with Gasteiger partial charge in [-0.25, -0.2) is 17.9 Å². The second kappa shape index (κ2) is 10.8. The zero-order chi connectivity index (χ0) is 24.0. The van der Waals surface area contributed by atoms with Gasteiger partial charge >= 0.3 is 0 Å². The molecule has 2 aromatic carbocycles. The SMILES string of the molecule is O=C(/C=C/c1ccn(S(=O)(=O)c2cccc(-c3cccc(CCN4CCOCC4)c3)c2)c1)NO. The van der Waals surface area contributed by atoms with Gasteiger partial charge in [0.1, 0.15) is 0 Å². The van der Waals surface area contributed by atoms with E-state index < -0.39 is 15.9 Å². The average Bonchev–Trinajstić information content (AvgIpc) is 3.37. The maximum atomic E-state index is 13.2. The molecule has 1 aromatic heterocycles. The molecule has 178 valence electrons. The Morgan fingerprint density at radius 1 is 1.06 bits per heavy atom. The van der Waals surface area contributed by atoms with Crippen LogP contribution in [0.25, 0.3) is 17.2 Å². The maximum absolute atomic E-state index is 13.2. The van der Waals surface area contributed by atoms with E-state index in [1.54, 1.807) is 24.3 Å². The molecule has 0 aliphatic carbocycles. The number of nitrogens with one attached hydrogen (secondary N) is 1. The zero-order valence-corrected chi connectivity index (χ0v) is 19.4. The summed E-state index contributed by atoms with van der Waals surface area (Å²) in [5, 5.41) is 8.56. The Morgan fingerprint density at radius 2 is 1.79 bits per heavy atom. The Morgan fingerprint density at radius 3 is 2.56 bits per heavy atom. The Kier molecular flexibility index (Phi) is 7.59. The first kappa shape index (κ1) is 23.9. The van der Waals surface area contributed by atoms with Gasteiger partial charge in [0.05, 0.1) is 18.1 Å². The van der Waals surface area contributed by atoms with Crippen LogP contribution in [0.3, 0.4) is 0 Å². The van der Waals surface area contributed by atoms with Crippen molar-refractivity contribution in [3.8, 4) is 11.1 Å². The molecular formula is C25H27N3O5S.